The zero-order valence-electron chi connectivity index (χ0n) is 46.4. The SMILES string of the molecule is CC/C=C\C/C=C\C/C=C\C/C=C\C/C=C\C/C=C\C/C=C\CCCCCCCCCC(=O)NC(COP(=O)(O)OCC[N+](C)(C)C)C(O)/C=C/CC/C=C/CCCCCCCCCCCCCCCC. The van der Waals surface area contributed by atoms with Gasteiger partial charge < -0.3 is 19.8 Å². The summed E-state index contributed by atoms with van der Waals surface area (Å²) in [6, 6.07) is -0.878. The number of amides is 1. The molecule has 0 saturated carbocycles. The van der Waals surface area contributed by atoms with Crippen molar-refractivity contribution in [1.82, 2.24) is 5.32 Å². The van der Waals surface area contributed by atoms with E-state index in [9.17, 15) is 19.4 Å². The molecule has 3 unspecified atom stereocenters. The molecule has 0 heterocycles. The second-order valence-corrected chi connectivity index (χ2v) is 21.7. The van der Waals surface area contributed by atoms with Crippen molar-refractivity contribution in [3.63, 3.8) is 0 Å². The van der Waals surface area contributed by atoms with Gasteiger partial charge in [0, 0.05) is 6.42 Å². The first-order valence-corrected chi connectivity index (χ1v) is 30.3. The molecule has 8 nitrogen and oxygen atoms in total. The number of hydrogen-bond acceptors (Lipinski definition) is 5. The fourth-order valence-electron chi connectivity index (χ4n) is 7.74. The van der Waals surface area contributed by atoms with Crippen molar-refractivity contribution in [3.05, 3.63) is 109 Å². The minimum Gasteiger partial charge on any atom is -0.387 e. The van der Waals surface area contributed by atoms with E-state index in [0.29, 0.717) is 17.4 Å². The third-order valence-corrected chi connectivity index (χ3v) is 13.2. The fourth-order valence-corrected chi connectivity index (χ4v) is 8.48. The van der Waals surface area contributed by atoms with Crippen LogP contribution >= 0.6 is 7.82 Å². The van der Waals surface area contributed by atoms with Crippen LogP contribution in [0, 0.1) is 0 Å². The summed E-state index contributed by atoms with van der Waals surface area (Å²) in [7, 11) is 1.53. The van der Waals surface area contributed by atoms with Gasteiger partial charge in [-0.25, -0.2) is 4.57 Å². The van der Waals surface area contributed by atoms with Gasteiger partial charge in [0.15, 0.2) is 0 Å². The minimum absolute atomic E-state index is 0.0481. The van der Waals surface area contributed by atoms with Crippen molar-refractivity contribution < 1.29 is 32.9 Å². The van der Waals surface area contributed by atoms with E-state index in [1.165, 1.54) is 109 Å². The molecule has 0 spiro atoms. The Morgan fingerprint density at radius 1 is 0.493 bits per heavy atom. The lowest BCUT2D eigenvalue weighted by atomic mass is 10.0. The molecular formula is C62H110N2O6P+. The quantitative estimate of drug-likeness (QED) is 0.0243. The lowest BCUT2D eigenvalue weighted by Crippen LogP contribution is -2.45. The largest absolute Gasteiger partial charge is 0.472 e. The Balaban J connectivity index is 4.32. The number of likely N-dealkylation sites (N-methyl/N-ethyl adjacent to an activating group) is 1. The summed E-state index contributed by atoms with van der Waals surface area (Å²) in [5.41, 5.74) is 0. The molecule has 0 aliphatic rings. The Bertz CT molecular complexity index is 1520. The number of nitrogens with one attached hydrogen (secondary N) is 1. The van der Waals surface area contributed by atoms with E-state index in [2.05, 4.69) is 116 Å². The summed E-state index contributed by atoms with van der Waals surface area (Å²) in [5, 5.41) is 13.9. The van der Waals surface area contributed by atoms with Crippen molar-refractivity contribution >= 4 is 13.7 Å². The highest BCUT2D eigenvalue weighted by molar-refractivity contribution is 7.47. The van der Waals surface area contributed by atoms with Crippen molar-refractivity contribution in [2.24, 2.45) is 0 Å². The molecule has 1 amide bonds. The second kappa shape index (κ2) is 52.0. The molecule has 0 aliphatic carbocycles. The van der Waals surface area contributed by atoms with Crippen LogP contribution < -0.4 is 5.32 Å². The van der Waals surface area contributed by atoms with Crippen LogP contribution in [0.3, 0.4) is 0 Å². The lowest BCUT2D eigenvalue weighted by molar-refractivity contribution is -0.870. The summed E-state index contributed by atoms with van der Waals surface area (Å²) in [6.45, 7) is 4.67. The van der Waals surface area contributed by atoms with Gasteiger partial charge in [-0.3, -0.25) is 13.8 Å². The molecule has 9 heteroatoms. The Kier molecular flexibility index (Phi) is 50.0. The number of unbranched alkanes of at least 4 members (excludes halogenated alkanes) is 22. The van der Waals surface area contributed by atoms with E-state index in [-0.39, 0.29) is 19.1 Å². The summed E-state index contributed by atoms with van der Waals surface area (Å²) < 4.78 is 23.7. The molecule has 3 N–H and O–H groups in total. The Labute approximate surface area is 438 Å². The monoisotopic (exact) mass is 1010 g/mol. The summed E-state index contributed by atoms with van der Waals surface area (Å²) >= 11 is 0. The average molecular weight is 1010 g/mol. The Morgan fingerprint density at radius 3 is 1.30 bits per heavy atom. The third kappa shape index (κ3) is 54.8. The molecule has 0 rings (SSSR count). The molecule has 0 fully saturated rings. The van der Waals surface area contributed by atoms with E-state index in [1.807, 2.05) is 27.2 Å². The maximum atomic E-state index is 13.0. The van der Waals surface area contributed by atoms with Gasteiger partial charge in [-0.2, -0.15) is 0 Å². The maximum absolute atomic E-state index is 13.0. The molecule has 0 radical (unpaired) electrons. The van der Waals surface area contributed by atoms with Crippen LogP contribution in [0.5, 0.6) is 0 Å². The van der Waals surface area contributed by atoms with Crippen molar-refractivity contribution in [2.45, 2.75) is 238 Å². The van der Waals surface area contributed by atoms with Gasteiger partial charge in [0.2, 0.25) is 5.91 Å². The lowest BCUT2D eigenvalue weighted by Gasteiger charge is -2.25. The maximum Gasteiger partial charge on any atom is 0.472 e. The number of aliphatic hydroxyl groups is 1. The van der Waals surface area contributed by atoms with Crippen LogP contribution in [-0.4, -0.2) is 73.4 Å². The number of carbonyl (C=O) groups excluding carboxylic acids is 1. The van der Waals surface area contributed by atoms with Crippen molar-refractivity contribution in [2.75, 3.05) is 40.9 Å². The number of phosphoric acid groups is 1. The predicted octanol–water partition coefficient (Wildman–Crippen LogP) is 17.6. The Hall–Kier alpha value is -2.84. The van der Waals surface area contributed by atoms with Gasteiger partial charge >= 0.3 is 7.82 Å². The van der Waals surface area contributed by atoms with Gasteiger partial charge in [0.05, 0.1) is 39.9 Å². The number of quaternary nitrogens is 1. The molecule has 0 aliphatic heterocycles. The molecule has 3 atom stereocenters. The fraction of sp³-hybridized carbons (Fsp3) is 0.694. The summed E-state index contributed by atoms with van der Waals surface area (Å²) in [6.07, 6.45) is 76.1. The number of rotatable bonds is 51. The topological polar surface area (TPSA) is 105 Å². The number of phosphoric ester groups is 1. The molecule has 0 aromatic rings. The van der Waals surface area contributed by atoms with E-state index in [0.717, 1.165) is 96.3 Å². The molecule has 71 heavy (non-hydrogen) atoms. The van der Waals surface area contributed by atoms with Crippen LogP contribution in [0.2, 0.25) is 0 Å². The number of aliphatic hydroxyl groups excluding tert-OH is 1. The second-order valence-electron chi connectivity index (χ2n) is 20.3. The van der Waals surface area contributed by atoms with E-state index in [4.69, 9.17) is 9.05 Å². The van der Waals surface area contributed by atoms with Crippen LogP contribution in [0.1, 0.15) is 226 Å². The van der Waals surface area contributed by atoms with Gasteiger partial charge in [0.25, 0.3) is 0 Å². The van der Waals surface area contributed by atoms with Gasteiger partial charge in [-0.1, -0.05) is 239 Å². The average Bonchev–Trinajstić information content (AvgIpc) is 3.33. The van der Waals surface area contributed by atoms with Crippen LogP contribution in [0.4, 0.5) is 0 Å². The predicted molar refractivity (Wildman–Crippen MR) is 309 cm³/mol. The number of nitrogens with zero attached hydrogens (tertiary/aromatic N) is 1. The van der Waals surface area contributed by atoms with Crippen molar-refractivity contribution in [1.29, 1.82) is 0 Å². The van der Waals surface area contributed by atoms with Crippen molar-refractivity contribution in [3.8, 4) is 0 Å². The molecule has 0 aromatic carbocycles. The van der Waals surface area contributed by atoms with E-state index >= 15 is 0 Å². The van der Waals surface area contributed by atoms with Gasteiger partial charge in [0.1, 0.15) is 13.2 Å². The number of carbonyl (C=O) groups is 1. The smallest absolute Gasteiger partial charge is 0.387 e. The van der Waals surface area contributed by atoms with E-state index < -0.39 is 20.0 Å². The van der Waals surface area contributed by atoms with Gasteiger partial charge in [-0.05, 0) is 89.9 Å². The number of hydrogen-bond donors (Lipinski definition) is 3. The highest BCUT2D eigenvalue weighted by Crippen LogP contribution is 2.43. The highest BCUT2D eigenvalue weighted by Gasteiger charge is 2.27. The first kappa shape index (κ1) is 68.2. The number of allylic oxidation sites excluding steroid dienone is 17. The first-order chi connectivity index (χ1) is 34.5. The van der Waals surface area contributed by atoms with Crippen LogP contribution in [0.25, 0.3) is 0 Å². The van der Waals surface area contributed by atoms with E-state index in [1.54, 1.807) is 6.08 Å². The Morgan fingerprint density at radius 2 is 0.859 bits per heavy atom. The standard InChI is InChI=1S/C62H109N2O6P/c1-6-8-10-12-14-16-18-20-22-24-26-28-29-30-31-32-33-34-35-36-38-40-42-44-46-48-50-52-54-56-62(66)63-60(59-70-71(67,68)69-58-57-64(3,4)5)61(65)55-53-51-49-47-45-43-41-39-37-27-25-23-21-19-17-15-13-11-9-7-2/h8,10,14,16,20,22,26,28,30-31,33-34,36,38,45,47,53,55,60-61,65H,6-7,9,11-13,15,17-19,21,23-25,27,29,32,35,37,39-44,46,48-52,54,56-59H2,1-5H3,(H-,63,66,67,68)/p+1/b10-8-,16-14-,22-20-,28-26-,31-30-,34-33-,38-36-,47-45+,55-53+. The minimum atomic E-state index is -4.37. The molecule has 0 aromatic heterocycles. The zero-order chi connectivity index (χ0) is 52.0. The summed E-state index contributed by atoms with van der Waals surface area (Å²) in [5.74, 6) is -0.202. The summed E-state index contributed by atoms with van der Waals surface area (Å²) in [4.78, 5) is 23.3. The zero-order valence-corrected chi connectivity index (χ0v) is 47.3. The third-order valence-electron chi connectivity index (χ3n) is 12.2. The molecule has 0 saturated heterocycles. The van der Waals surface area contributed by atoms with Crippen LogP contribution in [-0.2, 0) is 18.4 Å². The first-order valence-electron chi connectivity index (χ1n) is 28.8. The molecular weight excluding hydrogens is 900 g/mol. The normalized spacial score (nSPS) is 14.7. The highest BCUT2D eigenvalue weighted by atomic mass is 31.2. The molecule has 0 bridgehead atoms. The molecule has 408 valence electrons. The van der Waals surface area contributed by atoms with Crippen LogP contribution in [0.15, 0.2) is 109 Å². The van der Waals surface area contributed by atoms with Gasteiger partial charge in [-0.15, -0.1) is 0 Å².